The Balaban J connectivity index is 0. The highest BCUT2D eigenvalue weighted by atomic mass is 31.2. The van der Waals surface area contributed by atoms with E-state index in [4.69, 9.17) is 26.0 Å². The van der Waals surface area contributed by atoms with Crippen molar-refractivity contribution in [2.24, 2.45) is 0 Å². The molecule has 0 aliphatic rings. The molecule has 0 heterocycles. The highest BCUT2D eigenvalue weighted by molar-refractivity contribution is 7.52. The number of rotatable bonds is 6. The van der Waals surface area contributed by atoms with E-state index >= 15 is 0 Å². The Hall–Kier alpha value is -1.15. The van der Waals surface area contributed by atoms with Crippen molar-refractivity contribution in [2.75, 3.05) is 13.2 Å². The minimum Gasteiger partial charge on any atom is -0.412 e. The number of nitrogens with zero attached hydrogens (tertiary/aromatic N) is 2. The zero-order valence-electron chi connectivity index (χ0n) is 7.56. The normalized spacial score (nSPS) is 8.14. The Labute approximate surface area is 84.5 Å². The lowest BCUT2D eigenvalue weighted by atomic mass is 10.5. The van der Waals surface area contributed by atoms with Crippen LogP contribution in [0.25, 0.3) is 0 Å². The predicted molar refractivity (Wildman–Crippen MR) is 51.7 cm³/mol. The Morgan fingerprint density at radius 3 is 1.79 bits per heavy atom. The van der Waals surface area contributed by atoms with E-state index in [2.05, 4.69) is 5.66 Å². The monoisotopic (exact) mass is 214 g/mol. The molecule has 0 saturated heterocycles. The molecule has 0 unspecified atom stereocenters. The maximum atomic E-state index is 8.21. The summed E-state index contributed by atoms with van der Waals surface area (Å²) in [5.74, 6) is 0. The lowest BCUT2D eigenvalue weighted by Crippen LogP contribution is -1.92. The average Bonchev–Trinajstić information content (AvgIpc) is 2.16. The molecule has 0 atom stereocenters. The second kappa shape index (κ2) is 11.8. The quantitative estimate of drug-likeness (QED) is 0.373. The molecule has 0 aliphatic carbocycles. The van der Waals surface area contributed by atoms with Crippen LogP contribution in [0.1, 0.15) is 12.8 Å². The minimum atomic E-state index is -1.36. The van der Waals surface area contributed by atoms with Crippen LogP contribution < -0.4 is 0 Å². The van der Waals surface area contributed by atoms with Crippen LogP contribution in [0.2, 0.25) is 0 Å². The van der Waals surface area contributed by atoms with E-state index in [0.29, 0.717) is 12.8 Å². The fraction of sp³-hybridized carbons (Fsp3) is 0.500. The van der Waals surface area contributed by atoms with Crippen molar-refractivity contribution >= 4 is 8.38 Å². The first-order valence-electron chi connectivity index (χ1n) is 3.61. The zero-order chi connectivity index (χ0) is 9.94. The van der Waals surface area contributed by atoms with Crippen LogP contribution in [-0.4, -0.2) is 18.7 Å². The molecule has 5 nitrogen and oxygen atoms in total. The van der Waals surface area contributed by atoms with Gasteiger partial charge in [0.2, 0.25) is 0 Å². The molecular weight excluding hydrogens is 203 g/mol. The summed E-state index contributed by atoms with van der Waals surface area (Å²) in [6.45, 7) is 0.553. The highest BCUT2D eigenvalue weighted by Gasteiger charge is 2.05. The van der Waals surface area contributed by atoms with Gasteiger partial charge in [0.25, 0.3) is 8.38 Å². The second-order valence-corrected chi connectivity index (χ2v) is 3.16. The summed E-state index contributed by atoms with van der Waals surface area (Å²) in [5, 5.41) is 16.4. The van der Waals surface area contributed by atoms with Crippen LogP contribution in [0.4, 0.5) is 0 Å². The van der Waals surface area contributed by atoms with E-state index in [1.165, 1.54) is 0 Å². The Bertz CT molecular complexity index is 231. The van der Waals surface area contributed by atoms with Crippen LogP contribution in [0, 0.1) is 34.7 Å². The van der Waals surface area contributed by atoms with Crippen molar-refractivity contribution < 1.29 is 14.5 Å². The van der Waals surface area contributed by atoms with Crippen molar-refractivity contribution in [1.82, 2.24) is 0 Å². The molecule has 76 valence electrons. The highest BCUT2D eigenvalue weighted by Crippen LogP contribution is 2.36. The van der Waals surface area contributed by atoms with Crippen LogP contribution in [0.15, 0.2) is 0 Å². The summed E-state index contributed by atoms with van der Waals surface area (Å²) in [7, 11) is -1.36. The maximum absolute atomic E-state index is 8.21. The van der Waals surface area contributed by atoms with Gasteiger partial charge in [0.05, 0.1) is 38.2 Å². The molecule has 0 aromatic rings. The van der Waals surface area contributed by atoms with Gasteiger partial charge in [-0.15, -0.1) is 6.42 Å². The number of terminal acetylenes is 1. The smallest absolute Gasteiger partial charge is 0.256 e. The van der Waals surface area contributed by atoms with Gasteiger partial charge in [0.15, 0.2) is 0 Å². The molecule has 0 amide bonds. The summed E-state index contributed by atoms with van der Waals surface area (Å²) < 4.78 is 10.1. The predicted octanol–water partition coefficient (Wildman–Crippen LogP) is 0.925. The van der Waals surface area contributed by atoms with E-state index in [0.717, 1.165) is 0 Å². The van der Waals surface area contributed by atoms with Gasteiger partial charge < -0.3 is 14.5 Å². The van der Waals surface area contributed by atoms with Gasteiger partial charge in [-0.05, 0) is 5.66 Å². The molecule has 0 spiro atoms. The van der Waals surface area contributed by atoms with Crippen LogP contribution in [0.5, 0.6) is 0 Å². The zero-order valence-corrected chi connectivity index (χ0v) is 8.46. The van der Waals surface area contributed by atoms with Crippen molar-refractivity contribution in [3.05, 3.63) is 0 Å². The van der Waals surface area contributed by atoms with Crippen LogP contribution >= 0.6 is 8.38 Å². The molecule has 0 aliphatic heterocycles. The summed E-state index contributed by atoms with van der Waals surface area (Å²) >= 11 is 0. The Morgan fingerprint density at radius 2 is 1.50 bits per heavy atom. The van der Waals surface area contributed by atoms with Gasteiger partial charge in [-0.1, -0.05) is 0 Å². The molecular formula is C8H11N2O3P. The van der Waals surface area contributed by atoms with Gasteiger partial charge in [-0.3, -0.25) is 0 Å². The summed E-state index contributed by atoms with van der Waals surface area (Å²) in [6, 6.07) is 3.85. The molecule has 0 rings (SSSR count). The van der Waals surface area contributed by atoms with E-state index in [9.17, 15) is 0 Å². The lowest BCUT2D eigenvalue weighted by Gasteiger charge is -2.08. The Morgan fingerprint density at radius 1 is 1.07 bits per heavy atom. The van der Waals surface area contributed by atoms with Crippen molar-refractivity contribution in [3.8, 4) is 24.2 Å². The summed E-state index contributed by atoms with van der Waals surface area (Å²) in [4.78, 5) is 0. The SMILES string of the molecule is C#CP(OCCC#N)OCCC#N.O. The van der Waals surface area contributed by atoms with Crippen molar-refractivity contribution in [3.63, 3.8) is 0 Å². The maximum Gasteiger partial charge on any atom is 0.256 e. The van der Waals surface area contributed by atoms with Gasteiger partial charge in [0.1, 0.15) is 0 Å². The number of hydrogen-bond acceptors (Lipinski definition) is 4. The van der Waals surface area contributed by atoms with E-state index < -0.39 is 8.38 Å². The largest absolute Gasteiger partial charge is 0.412 e. The van der Waals surface area contributed by atoms with E-state index in [-0.39, 0.29) is 18.7 Å². The first-order valence-corrected chi connectivity index (χ1v) is 4.79. The molecule has 0 aromatic carbocycles. The fourth-order valence-electron chi connectivity index (χ4n) is 0.460. The summed E-state index contributed by atoms with van der Waals surface area (Å²) in [6.07, 6.45) is 5.69. The standard InChI is InChI=1S/C8H9N2O2P.H2O/c1-2-13(11-7-3-5-9)12-8-4-6-10;/h1H,3-4,7-8H2;1H2. The van der Waals surface area contributed by atoms with Gasteiger partial charge in [0, 0.05) is 0 Å². The van der Waals surface area contributed by atoms with Crippen LogP contribution in [0.3, 0.4) is 0 Å². The first-order chi connectivity index (χ1) is 6.35. The third-order valence-electron chi connectivity index (χ3n) is 0.950. The fourth-order valence-corrected chi connectivity index (χ4v) is 1.20. The molecule has 0 fully saturated rings. The van der Waals surface area contributed by atoms with Gasteiger partial charge >= 0.3 is 0 Å². The average molecular weight is 214 g/mol. The molecule has 0 radical (unpaired) electrons. The first kappa shape index (κ1) is 15.3. The number of hydrogen-bond donors (Lipinski definition) is 0. The third-order valence-corrected chi connectivity index (χ3v) is 2.00. The van der Waals surface area contributed by atoms with Crippen molar-refractivity contribution in [1.29, 1.82) is 10.5 Å². The third kappa shape index (κ3) is 8.94. The van der Waals surface area contributed by atoms with E-state index in [1.54, 1.807) is 0 Å². The molecule has 14 heavy (non-hydrogen) atoms. The van der Waals surface area contributed by atoms with Crippen molar-refractivity contribution in [2.45, 2.75) is 12.8 Å². The second-order valence-electron chi connectivity index (χ2n) is 1.87. The van der Waals surface area contributed by atoms with E-state index in [1.807, 2.05) is 12.1 Å². The minimum absolute atomic E-state index is 0. The van der Waals surface area contributed by atoms with Gasteiger partial charge in [-0.25, -0.2) is 0 Å². The van der Waals surface area contributed by atoms with Gasteiger partial charge in [-0.2, -0.15) is 10.5 Å². The Kier molecular flexibility index (Phi) is 13.0. The molecule has 0 saturated carbocycles. The molecule has 0 bridgehead atoms. The number of nitriles is 2. The molecule has 6 heteroatoms. The molecule has 0 aromatic heterocycles. The lowest BCUT2D eigenvalue weighted by molar-refractivity contribution is 0.265. The summed E-state index contributed by atoms with van der Waals surface area (Å²) in [5.41, 5.74) is 2.32. The molecule has 2 N–H and O–H groups in total. The topological polar surface area (TPSA) is 97.5 Å². The van der Waals surface area contributed by atoms with Crippen LogP contribution in [-0.2, 0) is 9.05 Å².